The zero-order chi connectivity index (χ0) is 0. The predicted molar refractivity (Wildman–Crippen MR) is 22.4 cm³/mol. The van der Waals surface area contributed by atoms with Gasteiger partial charge in [0.05, 0.1) is 0 Å². The van der Waals surface area contributed by atoms with Crippen molar-refractivity contribution in [1.82, 2.24) is 0 Å². The van der Waals surface area contributed by atoms with E-state index in [1.807, 2.05) is 0 Å². The largest absolute Gasteiger partial charge is 0.153 e. The zero-order valence-corrected chi connectivity index (χ0v) is 6.20. The maximum atomic E-state index is 0. The Morgan fingerprint density at radius 1 is 1.00 bits per heavy atom. The van der Waals surface area contributed by atoms with E-state index in [1.54, 1.807) is 0 Å². The van der Waals surface area contributed by atoms with Crippen molar-refractivity contribution in [3.8, 4) is 0 Å². The Bertz CT molecular complexity index is 11.6. The van der Waals surface area contributed by atoms with Crippen LogP contribution in [-0.4, -0.2) is 11.0 Å². The van der Waals surface area contributed by atoms with Crippen molar-refractivity contribution in [2.45, 2.75) is 0 Å². The Hall–Kier alpha value is 2.19. The Labute approximate surface area is 71.4 Å². The van der Waals surface area contributed by atoms with Crippen molar-refractivity contribution in [3.05, 3.63) is 0 Å². The summed E-state index contributed by atoms with van der Waals surface area (Å²) in [4.78, 5) is 0. The zero-order valence-electron chi connectivity index (χ0n) is 1.70. The average molecular weight is 244 g/mol. The summed E-state index contributed by atoms with van der Waals surface area (Å²) in [5.41, 5.74) is 0. The molecule has 0 saturated heterocycles. The van der Waals surface area contributed by atoms with Crippen molar-refractivity contribution in [1.29, 1.82) is 0 Å². The molecule has 0 N–H and O–H groups in total. The van der Waals surface area contributed by atoms with E-state index in [-0.39, 0.29) is 71.8 Å². The van der Waals surface area contributed by atoms with Gasteiger partial charge in [0.15, 0.2) is 0 Å². The van der Waals surface area contributed by atoms with E-state index >= 15 is 0 Å². The first-order valence-electron chi connectivity index (χ1n) is 0. The third kappa shape index (κ3) is 22.6. The molecule has 44 valence electrons. The van der Waals surface area contributed by atoms with Gasteiger partial charge in [-0.25, -0.2) is 0 Å². The molecular formula is H7CoCuFePSi. The first-order chi connectivity index (χ1) is 0. The number of hydrogen-bond donors (Lipinski definition) is 0. The third-order valence-corrected chi connectivity index (χ3v) is 0. The van der Waals surface area contributed by atoms with Gasteiger partial charge in [-0.1, -0.05) is 0 Å². The SMILES string of the molecule is P.[Co].[Cu].[Fe].[SiH4]. The molecule has 1 unspecified atom stereocenters. The minimum absolute atomic E-state index is 0. The molecule has 0 aliphatic carbocycles. The third-order valence-electron chi connectivity index (χ3n) is 0. The molecule has 0 nitrogen and oxygen atoms in total. The molecule has 2 radical (unpaired) electrons. The van der Waals surface area contributed by atoms with Crippen LogP contribution in [0, 0.1) is 0 Å². The van der Waals surface area contributed by atoms with Crippen LogP contribution in [0.4, 0.5) is 0 Å². The number of rotatable bonds is 0. The van der Waals surface area contributed by atoms with Gasteiger partial charge in [-0.05, 0) is 11.0 Å². The van der Waals surface area contributed by atoms with E-state index < -0.39 is 0 Å². The van der Waals surface area contributed by atoms with Gasteiger partial charge >= 0.3 is 0 Å². The van der Waals surface area contributed by atoms with Crippen LogP contribution in [0.5, 0.6) is 0 Å². The molecule has 0 amide bonds. The van der Waals surface area contributed by atoms with Crippen LogP contribution >= 0.6 is 9.90 Å². The monoisotopic (exact) mass is 244 g/mol. The molecule has 0 bridgehead atoms. The smallest absolute Gasteiger partial charge is 0 e. The molecule has 0 saturated carbocycles. The van der Waals surface area contributed by atoms with Gasteiger partial charge in [0.2, 0.25) is 0 Å². The van der Waals surface area contributed by atoms with Gasteiger partial charge in [-0.3, -0.25) is 0 Å². The van der Waals surface area contributed by atoms with Crippen LogP contribution in [0.1, 0.15) is 0 Å². The van der Waals surface area contributed by atoms with Crippen LogP contribution in [-0.2, 0) is 50.9 Å². The van der Waals surface area contributed by atoms with Crippen molar-refractivity contribution < 1.29 is 50.9 Å². The maximum Gasteiger partial charge on any atom is 0 e. The fraction of sp³-hybridized carbons (Fsp3) is 0. The molecule has 5 heteroatoms. The van der Waals surface area contributed by atoms with E-state index in [0.29, 0.717) is 0 Å². The summed E-state index contributed by atoms with van der Waals surface area (Å²) in [6.45, 7) is 0. The van der Waals surface area contributed by atoms with E-state index in [2.05, 4.69) is 0 Å². The van der Waals surface area contributed by atoms with Crippen molar-refractivity contribution in [2.75, 3.05) is 0 Å². The van der Waals surface area contributed by atoms with E-state index in [4.69, 9.17) is 0 Å². The van der Waals surface area contributed by atoms with Crippen LogP contribution in [0.3, 0.4) is 0 Å². The molecule has 5 heavy (non-hydrogen) atoms. The molecule has 0 fully saturated rings. The predicted octanol–water partition coefficient (Wildman–Crippen LogP) is -1.40. The fourth-order valence-corrected chi connectivity index (χ4v) is 0. The van der Waals surface area contributed by atoms with Gasteiger partial charge in [0.1, 0.15) is 0 Å². The molecule has 0 aliphatic rings. The van der Waals surface area contributed by atoms with Gasteiger partial charge < -0.3 is 0 Å². The standard InChI is InChI=1S/Co.Cu.Fe.H3P.H4Si/h;;;1H3;1H4. The second-order valence-corrected chi connectivity index (χ2v) is 0. The van der Waals surface area contributed by atoms with Crippen LogP contribution in [0.25, 0.3) is 0 Å². The summed E-state index contributed by atoms with van der Waals surface area (Å²) in [7, 11) is 0. The summed E-state index contributed by atoms with van der Waals surface area (Å²) in [6, 6.07) is 0. The Balaban J connectivity index is 0. The summed E-state index contributed by atoms with van der Waals surface area (Å²) in [5.74, 6) is 0. The van der Waals surface area contributed by atoms with Gasteiger partial charge in [0, 0.05) is 50.9 Å². The number of hydrogen-bond acceptors (Lipinski definition) is 0. The first kappa shape index (κ1) is 57.4. The fourth-order valence-electron chi connectivity index (χ4n) is 0. The minimum atomic E-state index is 0. The normalized spacial score (nSPS) is 0. The summed E-state index contributed by atoms with van der Waals surface area (Å²) in [6.07, 6.45) is 0. The summed E-state index contributed by atoms with van der Waals surface area (Å²) < 4.78 is 0. The topological polar surface area (TPSA) is 0 Å². The molecule has 0 spiro atoms. The molecule has 0 heterocycles. The van der Waals surface area contributed by atoms with Crippen LogP contribution < -0.4 is 0 Å². The summed E-state index contributed by atoms with van der Waals surface area (Å²) >= 11 is 0. The Kier molecular flexibility index (Phi) is 399. The van der Waals surface area contributed by atoms with Gasteiger partial charge in [-0.15, -0.1) is 0 Å². The molecule has 0 aromatic rings. The maximum absolute atomic E-state index is 0. The molecule has 1 atom stereocenters. The molecular weight excluding hydrogens is 237 g/mol. The van der Waals surface area contributed by atoms with E-state index in [9.17, 15) is 0 Å². The van der Waals surface area contributed by atoms with E-state index in [1.165, 1.54) is 0 Å². The molecule has 0 aromatic heterocycles. The van der Waals surface area contributed by atoms with Crippen molar-refractivity contribution in [3.63, 3.8) is 0 Å². The van der Waals surface area contributed by atoms with Crippen LogP contribution in [0.15, 0.2) is 0 Å². The molecule has 0 rings (SSSR count). The van der Waals surface area contributed by atoms with Gasteiger partial charge in [-0.2, -0.15) is 9.90 Å². The van der Waals surface area contributed by atoms with Gasteiger partial charge in [0.25, 0.3) is 0 Å². The molecule has 0 aliphatic heterocycles. The Morgan fingerprint density at radius 2 is 1.00 bits per heavy atom. The van der Waals surface area contributed by atoms with E-state index in [0.717, 1.165) is 0 Å². The second-order valence-electron chi connectivity index (χ2n) is 0. The minimum Gasteiger partial charge on any atom is -0.153 e. The van der Waals surface area contributed by atoms with Crippen LogP contribution in [0.2, 0.25) is 0 Å². The quantitative estimate of drug-likeness (QED) is 0.363. The van der Waals surface area contributed by atoms with Crippen molar-refractivity contribution in [2.24, 2.45) is 0 Å². The summed E-state index contributed by atoms with van der Waals surface area (Å²) in [5, 5.41) is 0. The molecule has 0 aromatic carbocycles. The average Bonchev–Trinajstić information content (AvgIpc) is 0. The Morgan fingerprint density at radius 3 is 1.00 bits per heavy atom. The second kappa shape index (κ2) is 34.7. The first-order valence-corrected chi connectivity index (χ1v) is 0. The van der Waals surface area contributed by atoms with Crippen molar-refractivity contribution >= 4 is 20.9 Å².